The Labute approximate surface area is 118 Å². The minimum absolute atomic E-state index is 0.232. The second kappa shape index (κ2) is 5.57. The SMILES string of the molecule is Cc1cc(OC2CCN(S(=O)(=O)C(C)C)C2)cc(=O)o1. The average Bonchev–Trinajstić information content (AvgIpc) is 2.76. The summed E-state index contributed by atoms with van der Waals surface area (Å²) in [5.74, 6) is 0.893. The fourth-order valence-corrected chi connectivity index (χ4v) is 3.49. The van der Waals surface area contributed by atoms with Gasteiger partial charge in [-0.05, 0) is 27.2 Å². The highest BCUT2D eigenvalue weighted by atomic mass is 32.2. The van der Waals surface area contributed by atoms with Crippen LogP contribution in [0.15, 0.2) is 21.3 Å². The third-order valence-corrected chi connectivity index (χ3v) is 5.48. The molecular weight excluding hydrogens is 282 g/mol. The van der Waals surface area contributed by atoms with Crippen LogP contribution in [0.3, 0.4) is 0 Å². The maximum Gasteiger partial charge on any atom is 0.339 e. The molecule has 1 aliphatic rings. The van der Waals surface area contributed by atoms with Crippen LogP contribution in [0, 0.1) is 6.92 Å². The highest BCUT2D eigenvalue weighted by Crippen LogP contribution is 2.21. The van der Waals surface area contributed by atoms with Crippen LogP contribution < -0.4 is 10.4 Å². The topological polar surface area (TPSA) is 76.8 Å². The van der Waals surface area contributed by atoms with Crippen molar-refractivity contribution in [1.82, 2.24) is 4.31 Å². The molecule has 0 aliphatic carbocycles. The summed E-state index contributed by atoms with van der Waals surface area (Å²) in [5, 5.41) is -0.438. The monoisotopic (exact) mass is 301 g/mol. The van der Waals surface area contributed by atoms with Crippen LogP contribution >= 0.6 is 0 Å². The predicted molar refractivity (Wildman–Crippen MR) is 74.4 cm³/mol. The lowest BCUT2D eigenvalue weighted by Gasteiger charge is -2.19. The summed E-state index contributed by atoms with van der Waals surface area (Å²) < 4.78 is 36.1. The Bertz CT molecular complexity index is 634. The second-order valence-electron chi connectivity index (χ2n) is 5.20. The molecule has 1 aromatic heterocycles. The lowest BCUT2D eigenvalue weighted by molar-refractivity contribution is 0.212. The Morgan fingerprint density at radius 3 is 2.70 bits per heavy atom. The minimum atomic E-state index is -3.25. The highest BCUT2D eigenvalue weighted by molar-refractivity contribution is 7.89. The molecule has 0 bridgehead atoms. The molecule has 0 spiro atoms. The zero-order valence-electron chi connectivity index (χ0n) is 11.8. The Hall–Kier alpha value is -1.34. The van der Waals surface area contributed by atoms with Crippen molar-refractivity contribution >= 4 is 10.0 Å². The number of ether oxygens (including phenoxy) is 1. The van der Waals surface area contributed by atoms with Crippen molar-refractivity contribution in [2.24, 2.45) is 0 Å². The van der Waals surface area contributed by atoms with Gasteiger partial charge in [0.1, 0.15) is 17.6 Å². The molecular formula is C13H19NO5S. The first kappa shape index (κ1) is 15.1. The van der Waals surface area contributed by atoms with Crippen LogP contribution in [0.2, 0.25) is 0 Å². The number of sulfonamides is 1. The third kappa shape index (κ3) is 3.21. The normalized spacial score (nSPS) is 20.5. The van der Waals surface area contributed by atoms with Gasteiger partial charge in [0.05, 0.1) is 17.9 Å². The largest absolute Gasteiger partial charge is 0.489 e. The van der Waals surface area contributed by atoms with Gasteiger partial charge in [-0.3, -0.25) is 0 Å². The van der Waals surface area contributed by atoms with Gasteiger partial charge in [0.25, 0.3) is 0 Å². The van der Waals surface area contributed by atoms with E-state index in [9.17, 15) is 13.2 Å². The van der Waals surface area contributed by atoms with Gasteiger partial charge in [0.15, 0.2) is 0 Å². The van der Waals surface area contributed by atoms with Crippen LogP contribution in [0.4, 0.5) is 0 Å². The van der Waals surface area contributed by atoms with Gasteiger partial charge in [-0.2, -0.15) is 4.31 Å². The van der Waals surface area contributed by atoms with Gasteiger partial charge in [0.2, 0.25) is 10.0 Å². The van der Waals surface area contributed by atoms with E-state index in [1.54, 1.807) is 26.8 Å². The molecule has 0 aromatic carbocycles. The van der Waals surface area contributed by atoms with Crippen molar-refractivity contribution in [2.45, 2.75) is 38.5 Å². The Morgan fingerprint density at radius 1 is 1.40 bits per heavy atom. The molecule has 1 atom stereocenters. The minimum Gasteiger partial charge on any atom is -0.489 e. The number of nitrogens with zero attached hydrogens (tertiary/aromatic N) is 1. The Balaban J connectivity index is 2.05. The summed E-state index contributed by atoms with van der Waals surface area (Å²) in [5.41, 5.74) is -0.468. The van der Waals surface area contributed by atoms with E-state index in [4.69, 9.17) is 9.15 Å². The van der Waals surface area contributed by atoms with E-state index in [1.807, 2.05) is 0 Å². The van der Waals surface area contributed by atoms with E-state index in [0.717, 1.165) is 0 Å². The van der Waals surface area contributed by atoms with Gasteiger partial charge in [0, 0.05) is 12.6 Å². The standard InChI is InChI=1S/C13H19NO5S/c1-9(2)20(16,17)14-5-4-11(8-14)19-12-6-10(3)18-13(15)7-12/h6-7,9,11H,4-5,8H2,1-3H3. The van der Waals surface area contributed by atoms with Crippen molar-refractivity contribution < 1.29 is 17.6 Å². The lowest BCUT2D eigenvalue weighted by Crippen LogP contribution is -2.35. The quantitative estimate of drug-likeness (QED) is 0.833. The van der Waals surface area contributed by atoms with Crippen molar-refractivity contribution in [1.29, 1.82) is 0 Å². The molecule has 1 saturated heterocycles. The lowest BCUT2D eigenvalue weighted by atomic mass is 10.3. The molecule has 1 aliphatic heterocycles. The van der Waals surface area contributed by atoms with E-state index in [-0.39, 0.29) is 6.10 Å². The molecule has 0 saturated carbocycles. The first-order valence-electron chi connectivity index (χ1n) is 6.56. The van der Waals surface area contributed by atoms with Crippen molar-refractivity contribution in [3.63, 3.8) is 0 Å². The van der Waals surface area contributed by atoms with Crippen molar-refractivity contribution in [3.8, 4) is 5.75 Å². The van der Waals surface area contributed by atoms with Crippen molar-refractivity contribution in [3.05, 3.63) is 28.3 Å². The van der Waals surface area contributed by atoms with Crippen molar-refractivity contribution in [2.75, 3.05) is 13.1 Å². The summed E-state index contributed by atoms with van der Waals surface area (Å²) >= 11 is 0. The van der Waals surface area contributed by atoms with E-state index in [0.29, 0.717) is 31.0 Å². The number of rotatable bonds is 4. The number of hydrogen-bond acceptors (Lipinski definition) is 5. The smallest absolute Gasteiger partial charge is 0.339 e. The molecule has 1 fully saturated rings. The summed E-state index contributed by atoms with van der Waals surface area (Å²) in [7, 11) is -3.25. The summed E-state index contributed by atoms with van der Waals surface area (Å²) in [6.07, 6.45) is 0.385. The Kier molecular flexibility index (Phi) is 4.19. The fourth-order valence-electron chi connectivity index (χ4n) is 2.16. The molecule has 112 valence electrons. The van der Waals surface area contributed by atoms with Crippen LogP contribution in [-0.2, 0) is 10.0 Å². The average molecular weight is 301 g/mol. The van der Waals surface area contributed by atoms with E-state index >= 15 is 0 Å². The molecule has 20 heavy (non-hydrogen) atoms. The third-order valence-electron chi connectivity index (χ3n) is 3.23. The van der Waals surface area contributed by atoms with E-state index in [2.05, 4.69) is 0 Å². The maximum absolute atomic E-state index is 12.0. The summed E-state index contributed by atoms with van der Waals surface area (Å²) in [6, 6.07) is 2.90. The summed E-state index contributed by atoms with van der Waals surface area (Å²) in [6.45, 7) is 5.76. The molecule has 2 heterocycles. The zero-order chi connectivity index (χ0) is 14.9. The molecule has 0 amide bonds. The fraction of sp³-hybridized carbons (Fsp3) is 0.615. The molecule has 1 aromatic rings. The highest BCUT2D eigenvalue weighted by Gasteiger charge is 2.34. The molecule has 2 rings (SSSR count). The van der Waals surface area contributed by atoms with E-state index < -0.39 is 20.9 Å². The molecule has 6 nitrogen and oxygen atoms in total. The number of hydrogen-bond donors (Lipinski definition) is 0. The zero-order valence-corrected chi connectivity index (χ0v) is 12.6. The maximum atomic E-state index is 12.0. The van der Waals surface area contributed by atoms with E-state index in [1.165, 1.54) is 10.4 Å². The van der Waals surface area contributed by atoms with Crippen LogP contribution in [0.5, 0.6) is 5.75 Å². The first-order valence-corrected chi connectivity index (χ1v) is 8.07. The second-order valence-corrected chi connectivity index (χ2v) is 7.69. The Morgan fingerprint density at radius 2 is 2.10 bits per heavy atom. The molecule has 7 heteroatoms. The molecule has 0 radical (unpaired) electrons. The predicted octanol–water partition coefficient (Wildman–Crippen LogP) is 1.14. The number of aryl methyl sites for hydroxylation is 1. The first-order chi connectivity index (χ1) is 9.29. The van der Waals surface area contributed by atoms with Gasteiger partial charge in [-0.1, -0.05) is 0 Å². The molecule has 1 unspecified atom stereocenters. The molecule has 0 N–H and O–H groups in total. The van der Waals surface area contributed by atoms with Crippen LogP contribution in [0.1, 0.15) is 26.0 Å². The van der Waals surface area contributed by atoms with Gasteiger partial charge in [-0.25, -0.2) is 13.2 Å². The van der Waals surface area contributed by atoms with Gasteiger partial charge < -0.3 is 9.15 Å². The summed E-state index contributed by atoms with van der Waals surface area (Å²) in [4.78, 5) is 11.2. The van der Waals surface area contributed by atoms with Gasteiger partial charge in [-0.15, -0.1) is 0 Å². The van der Waals surface area contributed by atoms with Gasteiger partial charge >= 0.3 is 5.63 Å². The van der Waals surface area contributed by atoms with Crippen LogP contribution in [-0.4, -0.2) is 37.2 Å². The van der Waals surface area contributed by atoms with Crippen LogP contribution in [0.25, 0.3) is 0 Å².